The van der Waals surface area contributed by atoms with E-state index in [9.17, 15) is 0 Å². The summed E-state index contributed by atoms with van der Waals surface area (Å²) in [6.45, 7) is 8.81. The molecule has 0 aromatic carbocycles. The molecule has 0 aromatic heterocycles. The van der Waals surface area contributed by atoms with Crippen LogP contribution in [-0.2, 0) is 4.74 Å². The molecule has 0 aromatic rings. The van der Waals surface area contributed by atoms with Gasteiger partial charge in [0.15, 0.2) is 0 Å². The quantitative estimate of drug-likeness (QED) is 0.707. The average Bonchev–Trinajstić information content (AvgIpc) is 2.23. The molecule has 15 heavy (non-hydrogen) atoms. The third-order valence-electron chi connectivity index (χ3n) is 4.07. The predicted molar refractivity (Wildman–Crippen MR) is 61.7 cm³/mol. The van der Waals surface area contributed by atoms with Crippen LogP contribution in [0.15, 0.2) is 0 Å². The van der Waals surface area contributed by atoms with Crippen molar-refractivity contribution in [3.05, 3.63) is 0 Å². The maximum absolute atomic E-state index is 6.05. The number of nitrogens with zero attached hydrogens (tertiary/aromatic N) is 1. The van der Waals surface area contributed by atoms with Gasteiger partial charge >= 0.3 is 0 Å². The summed E-state index contributed by atoms with van der Waals surface area (Å²) in [6.07, 6.45) is 2.36. The molecule has 88 valence electrons. The van der Waals surface area contributed by atoms with E-state index in [0.717, 1.165) is 25.7 Å². The first-order chi connectivity index (χ1) is 7.18. The fourth-order valence-corrected chi connectivity index (χ4v) is 2.91. The van der Waals surface area contributed by atoms with Crippen LogP contribution < -0.4 is 5.73 Å². The molecule has 0 amide bonds. The number of likely N-dealkylation sites (tertiary alicyclic amines) is 1. The minimum Gasteiger partial charge on any atom is -0.381 e. The lowest BCUT2D eigenvalue weighted by atomic mass is 9.89. The Labute approximate surface area is 93.0 Å². The highest BCUT2D eigenvalue weighted by Crippen LogP contribution is 2.25. The van der Waals surface area contributed by atoms with Gasteiger partial charge in [0.2, 0.25) is 0 Å². The second-order valence-corrected chi connectivity index (χ2v) is 5.33. The van der Waals surface area contributed by atoms with Gasteiger partial charge in [0.05, 0.1) is 6.61 Å². The van der Waals surface area contributed by atoms with E-state index in [0.29, 0.717) is 17.9 Å². The van der Waals surface area contributed by atoms with Crippen molar-refractivity contribution in [1.82, 2.24) is 4.90 Å². The Hall–Kier alpha value is -0.120. The third-order valence-corrected chi connectivity index (χ3v) is 4.07. The van der Waals surface area contributed by atoms with Crippen LogP contribution in [0, 0.1) is 11.8 Å². The van der Waals surface area contributed by atoms with Crippen molar-refractivity contribution in [2.24, 2.45) is 17.6 Å². The molecule has 2 heterocycles. The Morgan fingerprint density at radius 2 is 2.00 bits per heavy atom. The van der Waals surface area contributed by atoms with Crippen LogP contribution in [0.2, 0.25) is 0 Å². The first-order valence-electron chi connectivity index (χ1n) is 6.26. The summed E-state index contributed by atoms with van der Waals surface area (Å²) < 4.78 is 5.50. The number of hydrogen-bond donors (Lipinski definition) is 1. The predicted octanol–water partition coefficient (Wildman–Crippen LogP) is 1.08. The van der Waals surface area contributed by atoms with Crippen LogP contribution >= 0.6 is 0 Å². The van der Waals surface area contributed by atoms with Crippen molar-refractivity contribution in [2.45, 2.75) is 38.8 Å². The molecule has 4 atom stereocenters. The number of piperidine rings is 1. The first kappa shape index (κ1) is 11.4. The van der Waals surface area contributed by atoms with Gasteiger partial charge in [-0.15, -0.1) is 0 Å². The summed E-state index contributed by atoms with van der Waals surface area (Å²) in [4.78, 5) is 2.64. The Kier molecular flexibility index (Phi) is 3.65. The molecule has 3 nitrogen and oxygen atoms in total. The summed E-state index contributed by atoms with van der Waals surface area (Å²) >= 11 is 0. The Morgan fingerprint density at radius 3 is 2.67 bits per heavy atom. The molecular formula is C12H24N2O. The van der Waals surface area contributed by atoms with Gasteiger partial charge in [0.25, 0.3) is 0 Å². The molecule has 2 N–H and O–H groups in total. The maximum Gasteiger partial charge on any atom is 0.0506 e. The van der Waals surface area contributed by atoms with Gasteiger partial charge < -0.3 is 10.5 Å². The summed E-state index contributed by atoms with van der Waals surface area (Å²) in [5.41, 5.74) is 6.05. The van der Waals surface area contributed by atoms with Gasteiger partial charge in [0, 0.05) is 25.2 Å². The smallest absolute Gasteiger partial charge is 0.0506 e. The average molecular weight is 212 g/mol. The second kappa shape index (κ2) is 4.81. The van der Waals surface area contributed by atoms with Crippen molar-refractivity contribution in [3.8, 4) is 0 Å². The summed E-state index contributed by atoms with van der Waals surface area (Å²) in [6, 6.07) is 1.14. The second-order valence-electron chi connectivity index (χ2n) is 5.33. The minimum atomic E-state index is 0.413. The van der Waals surface area contributed by atoms with Gasteiger partial charge in [-0.25, -0.2) is 0 Å². The number of rotatable bonds is 1. The minimum absolute atomic E-state index is 0.413. The van der Waals surface area contributed by atoms with Gasteiger partial charge in [-0.1, -0.05) is 13.8 Å². The van der Waals surface area contributed by atoms with Crippen molar-refractivity contribution in [3.63, 3.8) is 0 Å². The molecule has 2 aliphatic rings. The molecule has 4 unspecified atom stereocenters. The molecule has 0 spiro atoms. The van der Waals surface area contributed by atoms with Crippen LogP contribution in [0.1, 0.15) is 26.7 Å². The monoisotopic (exact) mass is 212 g/mol. The first-order valence-corrected chi connectivity index (χ1v) is 6.26. The Bertz CT molecular complexity index is 210. The highest BCUT2D eigenvalue weighted by molar-refractivity contribution is 4.87. The molecular weight excluding hydrogens is 188 g/mol. The van der Waals surface area contributed by atoms with Gasteiger partial charge in [-0.3, -0.25) is 4.90 Å². The molecule has 3 heteroatoms. The van der Waals surface area contributed by atoms with E-state index in [2.05, 4.69) is 18.7 Å². The fraction of sp³-hybridized carbons (Fsp3) is 1.00. The molecule has 0 saturated carbocycles. The van der Waals surface area contributed by atoms with E-state index >= 15 is 0 Å². The lowest BCUT2D eigenvalue weighted by Gasteiger charge is -2.43. The zero-order chi connectivity index (χ0) is 10.8. The lowest BCUT2D eigenvalue weighted by Crippen LogP contribution is -2.53. The summed E-state index contributed by atoms with van der Waals surface area (Å²) in [5.74, 6) is 1.33. The van der Waals surface area contributed by atoms with Crippen LogP contribution in [-0.4, -0.2) is 43.3 Å². The van der Waals surface area contributed by atoms with E-state index in [1.807, 2.05) is 0 Å². The molecule has 2 aliphatic heterocycles. The molecule has 0 bridgehead atoms. The SMILES string of the molecule is CC1CN(C2CCOCC2C)CCC1N. The van der Waals surface area contributed by atoms with Gasteiger partial charge in [-0.2, -0.15) is 0 Å². The number of hydrogen-bond acceptors (Lipinski definition) is 3. The lowest BCUT2D eigenvalue weighted by molar-refractivity contribution is -0.0202. The van der Waals surface area contributed by atoms with E-state index in [-0.39, 0.29) is 0 Å². The normalized spacial score (nSPS) is 44.2. The summed E-state index contributed by atoms with van der Waals surface area (Å²) in [5, 5.41) is 0. The van der Waals surface area contributed by atoms with Crippen molar-refractivity contribution >= 4 is 0 Å². The van der Waals surface area contributed by atoms with Crippen molar-refractivity contribution in [2.75, 3.05) is 26.3 Å². The van der Waals surface area contributed by atoms with E-state index in [4.69, 9.17) is 10.5 Å². The van der Waals surface area contributed by atoms with Crippen LogP contribution in [0.3, 0.4) is 0 Å². The standard InChI is InChI=1S/C12H24N2O/c1-9-7-14(5-3-11(9)13)12-4-6-15-8-10(12)2/h9-12H,3-8,13H2,1-2H3. The summed E-state index contributed by atoms with van der Waals surface area (Å²) in [7, 11) is 0. The van der Waals surface area contributed by atoms with Crippen LogP contribution in [0.25, 0.3) is 0 Å². The Morgan fingerprint density at radius 1 is 1.20 bits per heavy atom. The fourth-order valence-electron chi connectivity index (χ4n) is 2.91. The van der Waals surface area contributed by atoms with E-state index in [1.165, 1.54) is 19.5 Å². The van der Waals surface area contributed by atoms with Gasteiger partial charge in [0.1, 0.15) is 0 Å². The van der Waals surface area contributed by atoms with Crippen molar-refractivity contribution < 1.29 is 4.74 Å². The number of nitrogens with two attached hydrogens (primary N) is 1. The molecule has 2 saturated heterocycles. The Balaban J connectivity index is 1.92. The molecule has 0 radical (unpaired) electrons. The molecule has 0 aliphatic carbocycles. The van der Waals surface area contributed by atoms with Crippen LogP contribution in [0.5, 0.6) is 0 Å². The zero-order valence-electron chi connectivity index (χ0n) is 9.98. The highest BCUT2D eigenvalue weighted by Gasteiger charge is 2.32. The maximum atomic E-state index is 6.05. The van der Waals surface area contributed by atoms with Crippen molar-refractivity contribution in [1.29, 1.82) is 0 Å². The largest absolute Gasteiger partial charge is 0.381 e. The third kappa shape index (κ3) is 2.52. The number of ether oxygens (including phenoxy) is 1. The topological polar surface area (TPSA) is 38.5 Å². The van der Waals surface area contributed by atoms with Gasteiger partial charge in [-0.05, 0) is 31.2 Å². The highest BCUT2D eigenvalue weighted by atomic mass is 16.5. The van der Waals surface area contributed by atoms with Crippen LogP contribution in [0.4, 0.5) is 0 Å². The molecule has 2 fully saturated rings. The van der Waals surface area contributed by atoms with E-state index in [1.54, 1.807) is 0 Å². The van der Waals surface area contributed by atoms with E-state index < -0.39 is 0 Å². The zero-order valence-corrected chi connectivity index (χ0v) is 9.98. The molecule has 2 rings (SSSR count).